The largest absolute Gasteiger partial charge is 0.129 e. The maximum Gasteiger partial charge on any atom is 0.129 e. The van der Waals surface area contributed by atoms with E-state index in [0.717, 1.165) is 11.1 Å². The molecule has 0 amide bonds. The Morgan fingerprint density at radius 1 is 0.577 bits per heavy atom. The summed E-state index contributed by atoms with van der Waals surface area (Å²) in [6.45, 7) is 13.6. The highest BCUT2D eigenvalue weighted by atomic mass is 28.3. The van der Waals surface area contributed by atoms with Crippen LogP contribution in [0.3, 0.4) is 0 Å². The standard InChI is InChI=1S/C24H28Si2/c1-25(2,3)19-17-23(18-20-26(4,5)6)24(21-13-9-7-10-14-21)22-15-11-8-12-16-22/h7-16H,1-6H3. The lowest BCUT2D eigenvalue weighted by Gasteiger charge is -2.11. The zero-order valence-corrected chi connectivity index (χ0v) is 18.8. The van der Waals surface area contributed by atoms with Gasteiger partial charge in [0.05, 0.1) is 5.57 Å². The summed E-state index contributed by atoms with van der Waals surface area (Å²) in [5.41, 5.74) is 11.5. The summed E-state index contributed by atoms with van der Waals surface area (Å²) in [6.07, 6.45) is 0. The number of benzene rings is 2. The van der Waals surface area contributed by atoms with Crippen molar-refractivity contribution in [3.05, 3.63) is 77.4 Å². The summed E-state index contributed by atoms with van der Waals surface area (Å²) in [4.78, 5) is 0. The van der Waals surface area contributed by atoms with Crippen LogP contribution < -0.4 is 0 Å². The number of allylic oxidation sites excluding steroid dienone is 1. The van der Waals surface area contributed by atoms with Crippen LogP contribution in [-0.4, -0.2) is 16.1 Å². The monoisotopic (exact) mass is 372 g/mol. The van der Waals surface area contributed by atoms with Gasteiger partial charge in [0, 0.05) is 5.57 Å². The summed E-state index contributed by atoms with van der Waals surface area (Å²) >= 11 is 0. The van der Waals surface area contributed by atoms with Gasteiger partial charge in [0.15, 0.2) is 0 Å². The smallest absolute Gasteiger partial charge is 0.126 e. The second kappa shape index (κ2) is 8.41. The van der Waals surface area contributed by atoms with Gasteiger partial charge in [0.25, 0.3) is 0 Å². The fraction of sp³-hybridized carbons (Fsp3) is 0.250. The number of hydrogen-bond acceptors (Lipinski definition) is 0. The van der Waals surface area contributed by atoms with Crippen molar-refractivity contribution in [3.8, 4) is 22.9 Å². The van der Waals surface area contributed by atoms with Gasteiger partial charge in [-0.15, -0.1) is 11.1 Å². The van der Waals surface area contributed by atoms with Crippen molar-refractivity contribution in [2.24, 2.45) is 0 Å². The first-order valence-corrected chi connectivity index (χ1v) is 16.1. The van der Waals surface area contributed by atoms with E-state index in [1.165, 1.54) is 11.1 Å². The minimum atomic E-state index is -1.49. The second-order valence-electron chi connectivity index (χ2n) is 8.48. The third-order valence-electron chi connectivity index (χ3n) is 3.50. The van der Waals surface area contributed by atoms with Crippen LogP contribution in [0.2, 0.25) is 39.3 Å². The third-order valence-corrected chi connectivity index (χ3v) is 5.25. The lowest BCUT2D eigenvalue weighted by atomic mass is 9.93. The van der Waals surface area contributed by atoms with Gasteiger partial charge in [-0.25, -0.2) is 0 Å². The van der Waals surface area contributed by atoms with E-state index in [9.17, 15) is 0 Å². The maximum absolute atomic E-state index is 3.52. The van der Waals surface area contributed by atoms with Gasteiger partial charge in [-0.2, -0.15) is 0 Å². The van der Waals surface area contributed by atoms with Gasteiger partial charge in [0.2, 0.25) is 0 Å². The highest BCUT2D eigenvalue weighted by Crippen LogP contribution is 2.26. The van der Waals surface area contributed by atoms with Crippen LogP contribution in [0, 0.1) is 22.9 Å². The second-order valence-corrected chi connectivity index (χ2v) is 18.0. The SMILES string of the molecule is C[Si](C)(C)C#CC(C#C[Si](C)(C)C)=C(c1ccccc1)c1ccccc1. The topological polar surface area (TPSA) is 0 Å². The molecule has 0 aliphatic rings. The molecule has 0 radical (unpaired) electrons. The first-order valence-electron chi connectivity index (χ1n) is 9.07. The molecule has 2 heteroatoms. The number of rotatable bonds is 2. The van der Waals surface area contributed by atoms with E-state index in [0.29, 0.717) is 0 Å². The Kier molecular flexibility index (Phi) is 6.49. The molecule has 0 heterocycles. The number of hydrogen-bond donors (Lipinski definition) is 0. The molecule has 0 aliphatic heterocycles. The normalized spacial score (nSPS) is 10.8. The van der Waals surface area contributed by atoms with E-state index in [1.807, 2.05) is 12.1 Å². The molecule has 0 N–H and O–H groups in total. The molecular formula is C24H28Si2. The van der Waals surface area contributed by atoms with Crippen LogP contribution in [0.1, 0.15) is 11.1 Å². The molecular weight excluding hydrogens is 344 g/mol. The molecule has 0 saturated carbocycles. The van der Waals surface area contributed by atoms with Crippen molar-refractivity contribution in [1.82, 2.24) is 0 Å². The Balaban J connectivity index is 2.80. The molecule has 0 aromatic heterocycles. The highest BCUT2D eigenvalue weighted by molar-refractivity contribution is 6.84. The van der Waals surface area contributed by atoms with Gasteiger partial charge >= 0.3 is 0 Å². The molecule has 2 rings (SSSR count). The zero-order valence-electron chi connectivity index (χ0n) is 16.8. The average Bonchev–Trinajstić information content (AvgIpc) is 2.57. The molecule has 0 fully saturated rings. The van der Waals surface area contributed by atoms with E-state index in [4.69, 9.17) is 0 Å². The quantitative estimate of drug-likeness (QED) is 0.432. The van der Waals surface area contributed by atoms with E-state index in [-0.39, 0.29) is 0 Å². The first-order chi connectivity index (χ1) is 12.2. The molecule has 0 unspecified atom stereocenters. The summed E-state index contributed by atoms with van der Waals surface area (Å²) in [7, 11) is -2.99. The fourth-order valence-electron chi connectivity index (χ4n) is 2.32. The maximum atomic E-state index is 3.52. The Labute approximate surface area is 161 Å². The molecule has 0 spiro atoms. The summed E-state index contributed by atoms with van der Waals surface area (Å²) in [6, 6.07) is 21.0. The summed E-state index contributed by atoms with van der Waals surface area (Å²) in [5.74, 6) is 6.94. The molecule has 26 heavy (non-hydrogen) atoms. The molecule has 0 nitrogen and oxygen atoms in total. The Bertz CT molecular complexity index is 810. The van der Waals surface area contributed by atoms with E-state index in [1.54, 1.807) is 0 Å². The average molecular weight is 373 g/mol. The minimum Gasteiger partial charge on any atom is -0.126 e. The Hall–Kier alpha value is -2.27. The zero-order chi connectivity index (χ0) is 19.2. The van der Waals surface area contributed by atoms with Crippen LogP contribution in [0.15, 0.2) is 66.2 Å². The van der Waals surface area contributed by atoms with Gasteiger partial charge < -0.3 is 0 Å². The molecule has 132 valence electrons. The lowest BCUT2D eigenvalue weighted by molar-refractivity contribution is 1.53. The van der Waals surface area contributed by atoms with E-state index in [2.05, 4.69) is 111 Å². The van der Waals surface area contributed by atoms with E-state index >= 15 is 0 Å². The van der Waals surface area contributed by atoms with Crippen molar-refractivity contribution in [2.45, 2.75) is 39.3 Å². The summed E-state index contributed by atoms with van der Waals surface area (Å²) in [5, 5.41) is 0. The van der Waals surface area contributed by atoms with Gasteiger partial charge in [-0.3, -0.25) is 0 Å². The Morgan fingerprint density at radius 3 is 1.23 bits per heavy atom. The Morgan fingerprint density at radius 2 is 0.923 bits per heavy atom. The van der Waals surface area contributed by atoms with Crippen LogP contribution in [0.5, 0.6) is 0 Å². The van der Waals surface area contributed by atoms with Crippen molar-refractivity contribution in [3.63, 3.8) is 0 Å². The minimum absolute atomic E-state index is 0.951. The van der Waals surface area contributed by atoms with Gasteiger partial charge in [-0.05, 0) is 11.1 Å². The fourth-order valence-corrected chi connectivity index (χ4v) is 3.32. The van der Waals surface area contributed by atoms with Crippen LogP contribution in [0.25, 0.3) is 5.57 Å². The highest BCUT2D eigenvalue weighted by Gasteiger charge is 2.13. The van der Waals surface area contributed by atoms with E-state index < -0.39 is 16.1 Å². The third kappa shape index (κ3) is 6.56. The van der Waals surface area contributed by atoms with Crippen molar-refractivity contribution < 1.29 is 0 Å². The van der Waals surface area contributed by atoms with Gasteiger partial charge in [0.1, 0.15) is 16.1 Å². The molecule has 0 aliphatic carbocycles. The first kappa shape index (κ1) is 20.1. The van der Waals surface area contributed by atoms with Crippen LogP contribution in [-0.2, 0) is 0 Å². The molecule has 2 aromatic carbocycles. The molecule has 0 atom stereocenters. The van der Waals surface area contributed by atoms with Crippen LogP contribution >= 0.6 is 0 Å². The van der Waals surface area contributed by atoms with Crippen molar-refractivity contribution in [2.75, 3.05) is 0 Å². The predicted molar refractivity (Wildman–Crippen MR) is 121 cm³/mol. The lowest BCUT2D eigenvalue weighted by Crippen LogP contribution is -2.17. The molecule has 2 aromatic rings. The van der Waals surface area contributed by atoms with Crippen molar-refractivity contribution in [1.29, 1.82) is 0 Å². The van der Waals surface area contributed by atoms with Crippen molar-refractivity contribution >= 4 is 21.7 Å². The predicted octanol–water partition coefficient (Wildman–Crippen LogP) is 6.25. The molecule has 0 saturated heterocycles. The summed E-state index contributed by atoms with van der Waals surface area (Å²) < 4.78 is 0. The van der Waals surface area contributed by atoms with Crippen LogP contribution in [0.4, 0.5) is 0 Å². The molecule has 0 bridgehead atoms. The van der Waals surface area contributed by atoms with Gasteiger partial charge in [-0.1, -0.05) is 112 Å².